The van der Waals surface area contributed by atoms with E-state index in [2.05, 4.69) is 50.4 Å². The Hall–Kier alpha value is -0.630. The summed E-state index contributed by atoms with van der Waals surface area (Å²) in [7, 11) is 0. The molecule has 1 aromatic rings. The van der Waals surface area contributed by atoms with Crippen LogP contribution in [0, 0.1) is 6.92 Å². The van der Waals surface area contributed by atoms with Crippen molar-refractivity contribution in [3.8, 4) is 0 Å². The monoisotopic (exact) mass is 181 g/mol. The molecule has 0 amide bonds. The molecule has 2 heteroatoms. The zero-order chi connectivity index (χ0) is 9.14. The predicted octanol–water partition coefficient (Wildman–Crippen LogP) is 3.38. The van der Waals surface area contributed by atoms with Crippen LogP contribution in [-0.2, 0) is 0 Å². The molecular weight excluding hydrogens is 166 g/mol. The summed E-state index contributed by atoms with van der Waals surface area (Å²) < 4.78 is 2.91. The van der Waals surface area contributed by atoms with E-state index < -0.39 is 0 Å². The third-order valence-corrected chi connectivity index (χ3v) is 2.26. The number of anilines is 1. The number of hydrogen-bond acceptors (Lipinski definition) is 2. The van der Waals surface area contributed by atoms with Gasteiger partial charge in [0.25, 0.3) is 0 Å². The zero-order valence-corrected chi connectivity index (χ0v) is 8.65. The van der Waals surface area contributed by atoms with Crippen LogP contribution in [0.2, 0.25) is 0 Å². The summed E-state index contributed by atoms with van der Waals surface area (Å²) in [4.78, 5) is 0. The Kier molecular flexibility index (Phi) is 3.04. The van der Waals surface area contributed by atoms with E-state index in [1.54, 1.807) is 0 Å². The minimum Gasteiger partial charge on any atom is -0.332 e. The van der Waals surface area contributed by atoms with Crippen molar-refractivity contribution in [2.75, 3.05) is 4.72 Å². The van der Waals surface area contributed by atoms with Gasteiger partial charge in [-0.1, -0.05) is 38.8 Å². The molecule has 0 aliphatic rings. The lowest BCUT2D eigenvalue weighted by Gasteiger charge is -2.14. The molecule has 0 aromatic heterocycles. The first kappa shape index (κ1) is 9.46. The molecule has 66 valence electrons. The van der Waals surface area contributed by atoms with Gasteiger partial charge in [-0.25, -0.2) is 0 Å². The van der Waals surface area contributed by atoms with E-state index in [0.717, 1.165) is 5.69 Å². The van der Waals surface area contributed by atoms with Crippen LogP contribution in [0.1, 0.15) is 30.9 Å². The van der Waals surface area contributed by atoms with E-state index in [4.69, 9.17) is 0 Å². The maximum atomic E-state index is 4.07. The molecule has 0 bridgehead atoms. The number of thiol groups is 1. The van der Waals surface area contributed by atoms with Crippen LogP contribution in [0.3, 0.4) is 0 Å². The molecule has 1 N–H and O–H groups in total. The van der Waals surface area contributed by atoms with Gasteiger partial charge < -0.3 is 4.72 Å². The van der Waals surface area contributed by atoms with E-state index in [-0.39, 0.29) is 0 Å². The van der Waals surface area contributed by atoms with Gasteiger partial charge in [0, 0.05) is 5.69 Å². The summed E-state index contributed by atoms with van der Waals surface area (Å²) in [6, 6.07) is 6.22. The first-order valence-electron chi connectivity index (χ1n) is 4.16. The second kappa shape index (κ2) is 3.85. The van der Waals surface area contributed by atoms with E-state index in [9.17, 15) is 0 Å². The van der Waals surface area contributed by atoms with Crippen molar-refractivity contribution < 1.29 is 0 Å². The molecule has 0 saturated heterocycles. The standard InChI is InChI=1S/C10H15NS/c1-7(2)10-8(3)5-4-6-9(10)11-12/h4-7,11-12H,1-3H3. The summed E-state index contributed by atoms with van der Waals surface area (Å²) in [6.45, 7) is 6.51. The number of nitrogens with one attached hydrogen (secondary N) is 1. The van der Waals surface area contributed by atoms with Gasteiger partial charge in [0.1, 0.15) is 0 Å². The number of benzene rings is 1. The molecular formula is C10H15NS. The third kappa shape index (κ3) is 1.75. The maximum absolute atomic E-state index is 4.07. The quantitative estimate of drug-likeness (QED) is 0.667. The second-order valence-electron chi connectivity index (χ2n) is 3.30. The van der Waals surface area contributed by atoms with Gasteiger partial charge in [-0.3, -0.25) is 0 Å². The molecule has 0 radical (unpaired) electrons. The molecule has 0 heterocycles. The number of hydrogen-bond donors (Lipinski definition) is 2. The molecule has 0 fully saturated rings. The van der Waals surface area contributed by atoms with E-state index in [1.165, 1.54) is 11.1 Å². The highest BCUT2D eigenvalue weighted by molar-refractivity contribution is 7.81. The number of aryl methyl sites for hydroxylation is 1. The summed E-state index contributed by atoms with van der Waals surface area (Å²) >= 11 is 4.07. The zero-order valence-electron chi connectivity index (χ0n) is 7.76. The minimum atomic E-state index is 0.542. The van der Waals surface area contributed by atoms with Crippen molar-refractivity contribution in [1.29, 1.82) is 0 Å². The highest BCUT2D eigenvalue weighted by Crippen LogP contribution is 2.27. The first-order valence-corrected chi connectivity index (χ1v) is 4.61. The van der Waals surface area contributed by atoms with Gasteiger partial charge in [0.2, 0.25) is 0 Å². The van der Waals surface area contributed by atoms with Gasteiger partial charge in [-0.05, 0) is 30.0 Å². The second-order valence-corrected chi connectivity index (χ2v) is 3.53. The van der Waals surface area contributed by atoms with E-state index in [0.29, 0.717) is 5.92 Å². The lowest BCUT2D eigenvalue weighted by molar-refractivity contribution is 0.860. The Balaban J connectivity index is 3.20. The van der Waals surface area contributed by atoms with Crippen molar-refractivity contribution in [2.45, 2.75) is 26.7 Å². The molecule has 12 heavy (non-hydrogen) atoms. The number of rotatable bonds is 2. The normalized spacial score (nSPS) is 10.4. The summed E-state index contributed by atoms with van der Waals surface area (Å²) in [5.41, 5.74) is 3.80. The first-order chi connectivity index (χ1) is 5.66. The highest BCUT2D eigenvalue weighted by atomic mass is 32.1. The van der Waals surface area contributed by atoms with E-state index in [1.807, 2.05) is 6.07 Å². The molecule has 0 spiro atoms. The summed E-state index contributed by atoms with van der Waals surface area (Å²) in [6.07, 6.45) is 0. The maximum Gasteiger partial charge on any atom is 0.0475 e. The van der Waals surface area contributed by atoms with Crippen LogP contribution in [-0.4, -0.2) is 0 Å². The van der Waals surface area contributed by atoms with Crippen molar-refractivity contribution in [2.24, 2.45) is 0 Å². The molecule has 0 aliphatic carbocycles. The summed E-state index contributed by atoms with van der Waals surface area (Å²) in [5, 5.41) is 0. The average Bonchev–Trinajstić information content (AvgIpc) is 2.03. The van der Waals surface area contributed by atoms with Crippen LogP contribution >= 0.6 is 12.8 Å². The largest absolute Gasteiger partial charge is 0.332 e. The van der Waals surface area contributed by atoms with Crippen LogP contribution in [0.4, 0.5) is 5.69 Å². The third-order valence-electron chi connectivity index (χ3n) is 2.02. The Morgan fingerprint density at radius 3 is 2.42 bits per heavy atom. The Morgan fingerprint density at radius 1 is 1.33 bits per heavy atom. The minimum absolute atomic E-state index is 0.542. The van der Waals surface area contributed by atoms with Crippen molar-refractivity contribution in [3.05, 3.63) is 29.3 Å². The molecule has 1 aromatic carbocycles. The Bertz CT molecular complexity index is 269. The van der Waals surface area contributed by atoms with Gasteiger partial charge in [-0.2, -0.15) is 0 Å². The average molecular weight is 181 g/mol. The van der Waals surface area contributed by atoms with E-state index >= 15 is 0 Å². The molecule has 0 saturated carbocycles. The van der Waals surface area contributed by atoms with Crippen LogP contribution in [0.15, 0.2) is 18.2 Å². The summed E-state index contributed by atoms with van der Waals surface area (Å²) in [5.74, 6) is 0.542. The molecule has 0 atom stereocenters. The smallest absolute Gasteiger partial charge is 0.0475 e. The van der Waals surface area contributed by atoms with Crippen LogP contribution in [0.5, 0.6) is 0 Å². The van der Waals surface area contributed by atoms with Gasteiger partial charge in [-0.15, -0.1) is 0 Å². The fourth-order valence-corrected chi connectivity index (χ4v) is 1.74. The molecule has 1 nitrogen and oxygen atoms in total. The lowest BCUT2D eigenvalue weighted by atomic mass is 9.96. The topological polar surface area (TPSA) is 12.0 Å². The van der Waals surface area contributed by atoms with Crippen molar-refractivity contribution in [1.82, 2.24) is 0 Å². The fourth-order valence-electron chi connectivity index (χ4n) is 1.54. The highest BCUT2D eigenvalue weighted by Gasteiger charge is 2.07. The van der Waals surface area contributed by atoms with Gasteiger partial charge in [0.15, 0.2) is 0 Å². The Labute approximate surface area is 79.7 Å². The van der Waals surface area contributed by atoms with Crippen molar-refractivity contribution >= 4 is 18.5 Å². The lowest BCUT2D eigenvalue weighted by Crippen LogP contribution is -1.96. The SMILES string of the molecule is Cc1cccc(NS)c1C(C)C. The van der Waals surface area contributed by atoms with Gasteiger partial charge in [0.05, 0.1) is 0 Å². The Morgan fingerprint density at radius 2 is 2.00 bits per heavy atom. The molecule has 1 rings (SSSR count). The van der Waals surface area contributed by atoms with Gasteiger partial charge >= 0.3 is 0 Å². The molecule has 0 unspecified atom stereocenters. The fraction of sp³-hybridized carbons (Fsp3) is 0.400. The molecule has 0 aliphatic heterocycles. The van der Waals surface area contributed by atoms with Crippen LogP contribution in [0.25, 0.3) is 0 Å². The van der Waals surface area contributed by atoms with Crippen LogP contribution < -0.4 is 4.72 Å². The van der Waals surface area contributed by atoms with Crippen molar-refractivity contribution in [3.63, 3.8) is 0 Å². The predicted molar refractivity (Wildman–Crippen MR) is 57.9 cm³/mol.